The summed E-state index contributed by atoms with van der Waals surface area (Å²) in [6.07, 6.45) is -2.15. The Labute approximate surface area is 173 Å². The molecule has 0 saturated carbocycles. The van der Waals surface area contributed by atoms with Crippen molar-refractivity contribution in [2.45, 2.75) is 31.5 Å². The molecule has 1 amide bonds. The zero-order chi connectivity index (χ0) is 22.4. The molecule has 3 aromatic heterocycles. The Kier molecular flexibility index (Phi) is 5.06. The van der Waals surface area contributed by atoms with E-state index in [1.165, 1.54) is 11.1 Å². The zero-order valence-corrected chi connectivity index (χ0v) is 16.2. The highest BCUT2D eigenvalue weighted by Crippen LogP contribution is 2.35. The molecule has 6 nitrogen and oxygen atoms in total. The van der Waals surface area contributed by atoms with Crippen molar-refractivity contribution in [3.05, 3.63) is 59.7 Å². The van der Waals surface area contributed by atoms with Gasteiger partial charge in [-0.15, -0.1) is 0 Å². The van der Waals surface area contributed by atoms with Crippen molar-refractivity contribution < 1.29 is 31.5 Å². The number of carbonyl (C=O) groups excluding carboxylic acids is 1. The Morgan fingerprint density at radius 3 is 2.71 bits per heavy atom. The highest BCUT2D eigenvalue weighted by atomic mass is 19.4. The summed E-state index contributed by atoms with van der Waals surface area (Å²) in [5.74, 6) is -4.13. The number of ether oxygens (including phenoxy) is 1. The van der Waals surface area contributed by atoms with E-state index in [4.69, 9.17) is 4.74 Å². The number of halogens is 5. The summed E-state index contributed by atoms with van der Waals surface area (Å²) in [7, 11) is 0. The molecule has 1 fully saturated rings. The maximum atomic E-state index is 14.5. The van der Waals surface area contributed by atoms with Crippen LogP contribution in [0.2, 0.25) is 0 Å². The second kappa shape index (κ2) is 7.47. The van der Waals surface area contributed by atoms with Crippen LogP contribution in [-0.4, -0.2) is 50.3 Å². The van der Waals surface area contributed by atoms with Gasteiger partial charge in [-0.3, -0.25) is 4.79 Å². The predicted molar refractivity (Wildman–Crippen MR) is 99.1 cm³/mol. The number of fused-ring (bicyclic) bond motifs is 1. The molecule has 4 heterocycles. The SMILES string of the molecule is Cc1nc(O[C@H]2CN(C(=O)c3cccn4ccnc34)CCC2(F)F)ccc1C(F)(F)F. The summed E-state index contributed by atoms with van der Waals surface area (Å²) in [5.41, 5.74) is -0.717. The minimum atomic E-state index is -4.61. The third kappa shape index (κ3) is 4.04. The van der Waals surface area contributed by atoms with Crippen LogP contribution in [0.25, 0.3) is 5.65 Å². The van der Waals surface area contributed by atoms with Gasteiger partial charge in [-0.05, 0) is 25.1 Å². The van der Waals surface area contributed by atoms with Gasteiger partial charge in [0.15, 0.2) is 6.10 Å². The van der Waals surface area contributed by atoms with E-state index >= 15 is 0 Å². The number of alkyl halides is 5. The second-order valence-electron chi connectivity index (χ2n) is 7.23. The van der Waals surface area contributed by atoms with Crippen LogP contribution in [-0.2, 0) is 6.18 Å². The normalized spacial score (nSPS) is 18.9. The van der Waals surface area contributed by atoms with Crippen LogP contribution >= 0.6 is 0 Å². The third-order valence-electron chi connectivity index (χ3n) is 5.14. The lowest BCUT2D eigenvalue weighted by Gasteiger charge is -2.38. The number of hydrogen-bond acceptors (Lipinski definition) is 4. The van der Waals surface area contributed by atoms with E-state index in [9.17, 15) is 26.7 Å². The monoisotopic (exact) mass is 440 g/mol. The first-order valence-electron chi connectivity index (χ1n) is 9.36. The van der Waals surface area contributed by atoms with Gasteiger partial charge in [0, 0.05) is 37.6 Å². The van der Waals surface area contributed by atoms with Crippen LogP contribution in [0.4, 0.5) is 22.0 Å². The molecule has 0 aliphatic carbocycles. The van der Waals surface area contributed by atoms with Crippen LogP contribution in [0.5, 0.6) is 5.88 Å². The minimum absolute atomic E-state index is 0.201. The molecular weight excluding hydrogens is 423 g/mol. The molecule has 0 bridgehead atoms. The molecule has 4 rings (SSSR count). The van der Waals surface area contributed by atoms with Crippen LogP contribution < -0.4 is 4.74 Å². The molecule has 0 unspecified atom stereocenters. The number of carbonyl (C=O) groups is 1. The van der Waals surface area contributed by atoms with Crippen molar-refractivity contribution in [3.63, 3.8) is 0 Å². The lowest BCUT2D eigenvalue weighted by Crippen LogP contribution is -2.55. The van der Waals surface area contributed by atoms with Gasteiger partial charge in [0.05, 0.1) is 23.4 Å². The fraction of sp³-hybridized carbons (Fsp3) is 0.350. The molecule has 164 valence electrons. The molecule has 0 aromatic carbocycles. The molecule has 3 aromatic rings. The molecule has 1 atom stereocenters. The maximum absolute atomic E-state index is 14.5. The summed E-state index contributed by atoms with van der Waals surface area (Å²) in [4.78, 5) is 22.0. The Morgan fingerprint density at radius 2 is 2.00 bits per heavy atom. The molecule has 1 saturated heterocycles. The lowest BCUT2D eigenvalue weighted by atomic mass is 10.0. The van der Waals surface area contributed by atoms with Crippen molar-refractivity contribution in [3.8, 4) is 5.88 Å². The van der Waals surface area contributed by atoms with E-state index in [2.05, 4.69) is 9.97 Å². The Morgan fingerprint density at radius 1 is 1.23 bits per heavy atom. The summed E-state index contributed by atoms with van der Waals surface area (Å²) < 4.78 is 74.6. The molecule has 0 spiro atoms. The van der Waals surface area contributed by atoms with E-state index in [-0.39, 0.29) is 23.7 Å². The van der Waals surface area contributed by atoms with Gasteiger partial charge >= 0.3 is 6.18 Å². The van der Waals surface area contributed by atoms with Crippen molar-refractivity contribution in [2.75, 3.05) is 13.1 Å². The van der Waals surface area contributed by atoms with E-state index < -0.39 is 42.6 Å². The van der Waals surface area contributed by atoms with Crippen molar-refractivity contribution in [1.29, 1.82) is 0 Å². The summed E-state index contributed by atoms with van der Waals surface area (Å²) in [6.45, 7) is 0.470. The average Bonchev–Trinajstić information content (AvgIpc) is 3.17. The van der Waals surface area contributed by atoms with E-state index in [0.717, 1.165) is 19.1 Å². The van der Waals surface area contributed by atoms with Gasteiger partial charge in [-0.25, -0.2) is 18.7 Å². The first kappa shape index (κ1) is 21.0. The average molecular weight is 440 g/mol. The molecular formula is C20H17F5N4O2. The highest BCUT2D eigenvalue weighted by molar-refractivity contribution is 5.99. The number of imidazole rings is 1. The zero-order valence-electron chi connectivity index (χ0n) is 16.2. The molecule has 1 aliphatic rings. The van der Waals surface area contributed by atoms with E-state index in [0.29, 0.717) is 5.65 Å². The summed E-state index contributed by atoms with van der Waals surface area (Å²) in [5, 5.41) is 0. The van der Waals surface area contributed by atoms with Gasteiger partial charge in [0.1, 0.15) is 5.65 Å². The van der Waals surface area contributed by atoms with Crippen LogP contribution in [0.3, 0.4) is 0 Å². The minimum Gasteiger partial charge on any atom is -0.466 e. The van der Waals surface area contributed by atoms with Crippen molar-refractivity contribution in [1.82, 2.24) is 19.3 Å². The Balaban J connectivity index is 1.56. The van der Waals surface area contributed by atoms with Crippen LogP contribution in [0.1, 0.15) is 28.0 Å². The fourth-order valence-electron chi connectivity index (χ4n) is 3.51. The maximum Gasteiger partial charge on any atom is 0.418 e. The van der Waals surface area contributed by atoms with Gasteiger partial charge in [-0.2, -0.15) is 13.2 Å². The van der Waals surface area contributed by atoms with Crippen LogP contribution in [0, 0.1) is 6.92 Å². The number of hydrogen-bond donors (Lipinski definition) is 0. The number of likely N-dealkylation sites (tertiary alicyclic amines) is 1. The molecule has 11 heteroatoms. The van der Waals surface area contributed by atoms with Crippen molar-refractivity contribution in [2.24, 2.45) is 0 Å². The lowest BCUT2D eigenvalue weighted by molar-refractivity contribution is -0.139. The van der Waals surface area contributed by atoms with Gasteiger partial charge < -0.3 is 14.0 Å². The number of aryl methyl sites for hydroxylation is 1. The van der Waals surface area contributed by atoms with Crippen molar-refractivity contribution >= 4 is 11.6 Å². The number of amides is 1. The van der Waals surface area contributed by atoms with E-state index in [1.54, 1.807) is 28.9 Å². The standard InChI is InChI=1S/C20H17F5N4O2/c1-12-14(20(23,24)25)4-5-16(27-12)31-15-11-29(9-6-19(15,21)22)18(30)13-3-2-8-28-10-7-26-17(13)28/h2-5,7-8,10,15H,6,9,11H2,1H3/t15-/m0/s1. The summed E-state index contributed by atoms with van der Waals surface area (Å²) >= 11 is 0. The second-order valence-corrected chi connectivity index (χ2v) is 7.23. The predicted octanol–water partition coefficient (Wildman–Crippen LogP) is 3.99. The number of pyridine rings is 2. The quantitative estimate of drug-likeness (QED) is 0.578. The number of nitrogens with zero attached hydrogens (tertiary/aromatic N) is 4. The molecule has 31 heavy (non-hydrogen) atoms. The van der Waals surface area contributed by atoms with Crippen LogP contribution in [0.15, 0.2) is 42.9 Å². The molecule has 1 aliphatic heterocycles. The Bertz CT molecular complexity index is 1130. The fourth-order valence-corrected chi connectivity index (χ4v) is 3.51. The first-order chi connectivity index (χ1) is 14.6. The van der Waals surface area contributed by atoms with E-state index in [1.807, 2.05) is 0 Å². The summed E-state index contributed by atoms with van der Waals surface area (Å²) in [6, 6.07) is 4.83. The molecule has 0 N–H and O–H groups in total. The first-order valence-corrected chi connectivity index (χ1v) is 9.36. The van der Waals surface area contributed by atoms with Gasteiger partial charge in [0.2, 0.25) is 5.88 Å². The number of rotatable bonds is 3. The highest BCUT2D eigenvalue weighted by Gasteiger charge is 2.47. The topological polar surface area (TPSA) is 59.7 Å². The molecule has 0 radical (unpaired) electrons. The third-order valence-corrected chi connectivity index (χ3v) is 5.14. The number of piperidine rings is 1. The number of aromatic nitrogens is 3. The smallest absolute Gasteiger partial charge is 0.418 e. The van der Waals surface area contributed by atoms with Gasteiger partial charge in [0.25, 0.3) is 11.8 Å². The largest absolute Gasteiger partial charge is 0.466 e. The van der Waals surface area contributed by atoms with Gasteiger partial charge in [-0.1, -0.05) is 0 Å². The Hall–Kier alpha value is -3.24.